The van der Waals surface area contributed by atoms with Crippen molar-refractivity contribution in [2.45, 2.75) is 11.3 Å². The first-order chi connectivity index (χ1) is 9.02. The Kier molecular flexibility index (Phi) is 5.74. The van der Waals surface area contributed by atoms with Gasteiger partial charge in [-0.3, -0.25) is 0 Å². The lowest BCUT2D eigenvalue weighted by Gasteiger charge is -2.10. The van der Waals surface area contributed by atoms with Crippen molar-refractivity contribution in [2.24, 2.45) is 5.73 Å². The molecule has 0 unspecified atom stereocenters. The number of rotatable bonds is 4. The maximum atomic E-state index is 11.6. The first kappa shape index (κ1) is 16.7. The number of hydrogen-bond donors (Lipinski definition) is 1. The van der Waals surface area contributed by atoms with Crippen LogP contribution >= 0.6 is 12.4 Å². The molecular formula is C15H18ClNO2S. The largest absolute Gasteiger partial charge is 0.330 e. The number of hydrogen-bond acceptors (Lipinski definition) is 3. The molecule has 2 rings (SSSR count). The van der Waals surface area contributed by atoms with Gasteiger partial charge in [0, 0.05) is 6.26 Å². The van der Waals surface area contributed by atoms with Crippen LogP contribution in [-0.2, 0) is 16.3 Å². The van der Waals surface area contributed by atoms with E-state index in [9.17, 15) is 8.42 Å². The van der Waals surface area contributed by atoms with Crippen molar-refractivity contribution in [1.29, 1.82) is 0 Å². The highest BCUT2D eigenvalue weighted by molar-refractivity contribution is 7.90. The van der Waals surface area contributed by atoms with E-state index in [-0.39, 0.29) is 12.4 Å². The topological polar surface area (TPSA) is 60.2 Å². The van der Waals surface area contributed by atoms with Gasteiger partial charge in [0.1, 0.15) is 0 Å². The van der Waals surface area contributed by atoms with Crippen LogP contribution in [0, 0.1) is 0 Å². The first-order valence-corrected chi connectivity index (χ1v) is 8.00. The quantitative estimate of drug-likeness (QED) is 0.944. The molecule has 0 bridgehead atoms. The molecule has 0 amide bonds. The molecule has 2 N–H and O–H groups in total. The molecule has 2 aromatic carbocycles. The van der Waals surface area contributed by atoms with Gasteiger partial charge in [0.05, 0.1) is 4.90 Å². The summed E-state index contributed by atoms with van der Waals surface area (Å²) in [5, 5.41) is 0. The van der Waals surface area contributed by atoms with E-state index in [1.54, 1.807) is 18.2 Å². The smallest absolute Gasteiger partial charge is 0.175 e. The summed E-state index contributed by atoms with van der Waals surface area (Å²) < 4.78 is 23.2. The summed E-state index contributed by atoms with van der Waals surface area (Å²) >= 11 is 0. The van der Waals surface area contributed by atoms with E-state index < -0.39 is 9.84 Å². The van der Waals surface area contributed by atoms with Crippen molar-refractivity contribution in [3.8, 4) is 11.1 Å². The van der Waals surface area contributed by atoms with E-state index >= 15 is 0 Å². The van der Waals surface area contributed by atoms with Crippen molar-refractivity contribution in [3.05, 3.63) is 54.1 Å². The van der Waals surface area contributed by atoms with Crippen LogP contribution in [0.4, 0.5) is 0 Å². The lowest BCUT2D eigenvalue weighted by Crippen LogP contribution is -2.04. The number of nitrogens with two attached hydrogens (primary N) is 1. The van der Waals surface area contributed by atoms with Crippen LogP contribution in [0.3, 0.4) is 0 Å². The van der Waals surface area contributed by atoms with E-state index in [4.69, 9.17) is 5.73 Å². The molecule has 0 aliphatic carbocycles. The molecule has 0 aromatic heterocycles. The molecule has 0 radical (unpaired) electrons. The molecule has 3 nitrogen and oxygen atoms in total. The second-order valence-corrected chi connectivity index (χ2v) is 6.51. The fourth-order valence-corrected chi connectivity index (χ4v) is 2.74. The Balaban J connectivity index is 0.00000200. The third-order valence-corrected chi connectivity index (χ3v) is 4.11. The number of sulfone groups is 1. The molecule has 0 spiro atoms. The van der Waals surface area contributed by atoms with Gasteiger partial charge in [0.15, 0.2) is 9.84 Å². The molecule has 0 atom stereocenters. The van der Waals surface area contributed by atoms with Crippen molar-refractivity contribution in [1.82, 2.24) is 0 Å². The van der Waals surface area contributed by atoms with Crippen LogP contribution in [0.5, 0.6) is 0 Å². The molecule has 0 heterocycles. The van der Waals surface area contributed by atoms with Crippen LogP contribution in [0.15, 0.2) is 53.4 Å². The Labute approximate surface area is 126 Å². The Morgan fingerprint density at radius 3 is 2.40 bits per heavy atom. The second kappa shape index (κ2) is 6.88. The highest BCUT2D eigenvalue weighted by Gasteiger charge is 2.10. The predicted molar refractivity (Wildman–Crippen MR) is 85.0 cm³/mol. The van der Waals surface area contributed by atoms with E-state index in [1.165, 1.54) is 6.26 Å². The summed E-state index contributed by atoms with van der Waals surface area (Å²) in [5.74, 6) is 0. The number of halogens is 1. The van der Waals surface area contributed by atoms with Gasteiger partial charge in [0.2, 0.25) is 0 Å². The second-order valence-electron chi connectivity index (χ2n) is 4.50. The molecule has 2 aromatic rings. The van der Waals surface area contributed by atoms with E-state index in [0.717, 1.165) is 23.1 Å². The maximum absolute atomic E-state index is 11.6. The standard InChI is InChI=1S/C15H17NO2S.ClH/c1-19(17,18)14-7-4-6-13(11-14)15-8-3-2-5-12(15)9-10-16;/h2-8,11H,9-10,16H2,1H3;1H. The molecule has 108 valence electrons. The highest BCUT2D eigenvalue weighted by atomic mass is 35.5. The summed E-state index contributed by atoms with van der Waals surface area (Å²) in [6.07, 6.45) is 2.00. The molecular weight excluding hydrogens is 294 g/mol. The summed E-state index contributed by atoms with van der Waals surface area (Å²) in [6.45, 7) is 0.572. The molecule has 20 heavy (non-hydrogen) atoms. The van der Waals surface area contributed by atoms with Crippen molar-refractivity contribution in [3.63, 3.8) is 0 Å². The highest BCUT2D eigenvalue weighted by Crippen LogP contribution is 2.26. The van der Waals surface area contributed by atoms with Gasteiger partial charge in [-0.2, -0.15) is 0 Å². The fraction of sp³-hybridized carbons (Fsp3) is 0.200. The Morgan fingerprint density at radius 1 is 1.05 bits per heavy atom. The summed E-state index contributed by atoms with van der Waals surface area (Å²) in [4.78, 5) is 0.340. The van der Waals surface area contributed by atoms with Crippen LogP contribution in [-0.4, -0.2) is 21.2 Å². The van der Waals surface area contributed by atoms with Crippen LogP contribution < -0.4 is 5.73 Å². The van der Waals surface area contributed by atoms with Gasteiger partial charge in [-0.25, -0.2) is 8.42 Å². The third kappa shape index (κ3) is 3.82. The van der Waals surface area contributed by atoms with Gasteiger partial charge in [-0.05, 0) is 41.8 Å². The normalized spacial score (nSPS) is 10.9. The molecule has 0 saturated heterocycles. The van der Waals surface area contributed by atoms with Crippen molar-refractivity contribution < 1.29 is 8.42 Å². The van der Waals surface area contributed by atoms with E-state index in [0.29, 0.717) is 11.4 Å². The molecule has 0 aliphatic rings. The molecule has 5 heteroatoms. The first-order valence-electron chi connectivity index (χ1n) is 6.11. The van der Waals surface area contributed by atoms with Crippen LogP contribution in [0.25, 0.3) is 11.1 Å². The van der Waals surface area contributed by atoms with Crippen LogP contribution in [0.2, 0.25) is 0 Å². The Hall–Kier alpha value is -1.36. The van der Waals surface area contributed by atoms with Crippen LogP contribution in [0.1, 0.15) is 5.56 Å². The molecule has 0 saturated carbocycles. The summed E-state index contributed by atoms with van der Waals surface area (Å²) in [6, 6.07) is 14.9. The minimum atomic E-state index is -3.18. The monoisotopic (exact) mass is 311 g/mol. The zero-order chi connectivity index (χ0) is 13.9. The van der Waals surface area contributed by atoms with Gasteiger partial charge in [-0.1, -0.05) is 36.4 Å². The van der Waals surface area contributed by atoms with E-state index in [2.05, 4.69) is 0 Å². The Morgan fingerprint density at radius 2 is 1.75 bits per heavy atom. The van der Waals surface area contributed by atoms with Gasteiger partial charge < -0.3 is 5.73 Å². The number of benzene rings is 2. The average Bonchev–Trinajstić information content (AvgIpc) is 2.39. The molecule has 0 aliphatic heterocycles. The SMILES string of the molecule is CS(=O)(=O)c1cccc(-c2ccccc2CCN)c1.Cl. The van der Waals surface area contributed by atoms with Crippen molar-refractivity contribution >= 4 is 22.2 Å². The predicted octanol–water partition coefficient (Wildman–Crippen LogP) is 2.68. The van der Waals surface area contributed by atoms with Gasteiger partial charge in [-0.15, -0.1) is 12.4 Å². The minimum absolute atomic E-state index is 0. The molecule has 0 fully saturated rings. The fourth-order valence-electron chi connectivity index (χ4n) is 2.07. The van der Waals surface area contributed by atoms with Gasteiger partial charge >= 0.3 is 0 Å². The average molecular weight is 312 g/mol. The lowest BCUT2D eigenvalue weighted by atomic mass is 9.98. The summed E-state index contributed by atoms with van der Waals surface area (Å²) in [5.41, 5.74) is 8.70. The van der Waals surface area contributed by atoms with E-state index in [1.807, 2.05) is 30.3 Å². The maximum Gasteiger partial charge on any atom is 0.175 e. The van der Waals surface area contributed by atoms with Crippen molar-refractivity contribution in [2.75, 3.05) is 12.8 Å². The zero-order valence-electron chi connectivity index (χ0n) is 11.2. The minimum Gasteiger partial charge on any atom is -0.330 e. The summed E-state index contributed by atoms with van der Waals surface area (Å²) in [7, 11) is -3.18. The zero-order valence-corrected chi connectivity index (χ0v) is 12.9. The van der Waals surface area contributed by atoms with Gasteiger partial charge in [0.25, 0.3) is 0 Å². The lowest BCUT2D eigenvalue weighted by molar-refractivity contribution is 0.602. The third-order valence-electron chi connectivity index (χ3n) is 3.00. The Bertz CT molecular complexity index is 684.